The fourth-order valence-electron chi connectivity index (χ4n) is 2.26. The van der Waals surface area contributed by atoms with Crippen LogP contribution in [0.1, 0.15) is 31.4 Å². The third-order valence-corrected chi connectivity index (χ3v) is 3.68. The first-order chi connectivity index (χ1) is 8.65. The molecule has 1 heterocycles. The van der Waals surface area contributed by atoms with Crippen LogP contribution in [0.2, 0.25) is 0 Å². The van der Waals surface area contributed by atoms with Crippen LogP contribution in [0.4, 0.5) is 0 Å². The molecule has 0 spiro atoms. The van der Waals surface area contributed by atoms with Crippen molar-refractivity contribution in [1.29, 1.82) is 0 Å². The molecule has 0 radical (unpaired) electrons. The van der Waals surface area contributed by atoms with Crippen molar-refractivity contribution in [2.24, 2.45) is 5.73 Å². The highest BCUT2D eigenvalue weighted by molar-refractivity contribution is 9.10. The van der Waals surface area contributed by atoms with Crippen molar-refractivity contribution in [1.82, 2.24) is 10.3 Å². The third-order valence-electron chi connectivity index (χ3n) is 3.24. The number of nitrogens with zero attached hydrogens (tertiary/aromatic N) is 1. The van der Waals surface area contributed by atoms with E-state index in [1.54, 1.807) is 0 Å². The van der Waals surface area contributed by atoms with Gasteiger partial charge in [-0.25, -0.2) is 4.98 Å². The van der Waals surface area contributed by atoms with E-state index >= 15 is 0 Å². The third kappa shape index (κ3) is 3.78. The zero-order chi connectivity index (χ0) is 13.0. The molecule has 5 heteroatoms. The molecule has 1 fully saturated rings. The predicted octanol–water partition coefficient (Wildman–Crippen LogP) is 1.77. The molecular formula is C13H18BrN3O. The van der Waals surface area contributed by atoms with Gasteiger partial charge < -0.3 is 11.1 Å². The zero-order valence-corrected chi connectivity index (χ0v) is 11.8. The van der Waals surface area contributed by atoms with Gasteiger partial charge in [0.2, 0.25) is 5.91 Å². The van der Waals surface area contributed by atoms with Gasteiger partial charge in [0.25, 0.3) is 0 Å². The Hall–Kier alpha value is -0.940. The quantitative estimate of drug-likeness (QED) is 0.833. The lowest BCUT2D eigenvalue weighted by Crippen LogP contribution is -2.45. The number of hydrogen-bond donors (Lipinski definition) is 2. The first kappa shape index (κ1) is 13.5. The molecule has 1 aromatic heterocycles. The molecule has 98 valence electrons. The maximum absolute atomic E-state index is 11.9. The van der Waals surface area contributed by atoms with E-state index in [1.165, 1.54) is 12.8 Å². The summed E-state index contributed by atoms with van der Waals surface area (Å²) in [4.78, 5) is 16.2. The van der Waals surface area contributed by atoms with Gasteiger partial charge in [0.15, 0.2) is 0 Å². The smallest absolute Gasteiger partial charge is 0.237 e. The molecule has 1 amide bonds. The first-order valence-corrected chi connectivity index (χ1v) is 7.12. The minimum atomic E-state index is -0.521. The Morgan fingerprint density at radius 2 is 2.22 bits per heavy atom. The summed E-state index contributed by atoms with van der Waals surface area (Å²) in [5.41, 5.74) is 6.74. The molecule has 1 unspecified atom stereocenters. The summed E-state index contributed by atoms with van der Waals surface area (Å²) in [6, 6.07) is 5.43. The molecule has 1 aliphatic carbocycles. The van der Waals surface area contributed by atoms with E-state index in [9.17, 15) is 4.79 Å². The van der Waals surface area contributed by atoms with Crippen molar-refractivity contribution < 1.29 is 4.79 Å². The van der Waals surface area contributed by atoms with Crippen molar-refractivity contribution in [3.05, 3.63) is 28.5 Å². The van der Waals surface area contributed by atoms with Crippen molar-refractivity contribution in [2.75, 3.05) is 0 Å². The van der Waals surface area contributed by atoms with Crippen LogP contribution in [-0.2, 0) is 11.2 Å². The number of nitrogens with one attached hydrogen (secondary N) is 1. The molecule has 1 aliphatic rings. The van der Waals surface area contributed by atoms with Crippen molar-refractivity contribution in [3.8, 4) is 0 Å². The number of nitrogens with two attached hydrogens (primary N) is 1. The number of halogens is 1. The summed E-state index contributed by atoms with van der Waals surface area (Å²) in [7, 11) is 0. The molecule has 0 saturated heterocycles. The van der Waals surface area contributed by atoms with Crippen LogP contribution in [0.5, 0.6) is 0 Å². The molecule has 0 aromatic carbocycles. The molecule has 3 N–H and O–H groups in total. The lowest BCUT2D eigenvalue weighted by molar-refractivity contribution is -0.123. The average molecular weight is 312 g/mol. The predicted molar refractivity (Wildman–Crippen MR) is 74.0 cm³/mol. The van der Waals surface area contributed by atoms with Gasteiger partial charge in [-0.1, -0.05) is 18.9 Å². The van der Waals surface area contributed by atoms with E-state index in [-0.39, 0.29) is 5.91 Å². The van der Waals surface area contributed by atoms with Crippen LogP contribution in [-0.4, -0.2) is 23.0 Å². The van der Waals surface area contributed by atoms with Crippen LogP contribution in [0.3, 0.4) is 0 Å². The Balaban J connectivity index is 1.86. The number of hydrogen-bond acceptors (Lipinski definition) is 3. The van der Waals surface area contributed by atoms with E-state index in [0.29, 0.717) is 12.5 Å². The Morgan fingerprint density at radius 1 is 1.50 bits per heavy atom. The SMILES string of the molecule is NC(Cc1cccc(Br)n1)C(=O)NC1CCCC1. The topological polar surface area (TPSA) is 68.0 Å². The van der Waals surface area contributed by atoms with Gasteiger partial charge in [0.05, 0.1) is 6.04 Å². The minimum Gasteiger partial charge on any atom is -0.352 e. The molecule has 1 aromatic rings. The van der Waals surface area contributed by atoms with Gasteiger partial charge >= 0.3 is 0 Å². The molecule has 18 heavy (non-hydrogen) atoms. The van der Waals surface area contributed by atoms with E-state index < -0.39 is 6.04 Å². The van der Waals surface area contributed by atoms with Crippen LogP contribution in [0.15, 0.2) is 22.8 Å². The molecule has 1 atom stereocenters. The summed E-state index contributed by atoms with van der Waals surface area (Å²) >= 11 is 3.31. The molecule has 2 rings (SSSR count). The normalized spacial score (nSPS) is 17.7. The molecule has 4 nitrogen and oxygen atoms in total. The van der Waals surface area contributed by atoms with Gasteiger partial charge in [-0.3, -0.25) is 4.79 Å². The fourth-order valence-corrected chi connectivity index (χ4v) is 2.64. The van der Waals surface area contributed by atoms with Crippen molar-refractivity contribution in [2.45, 2.75) is 44.2 Å². The molecule has 0 bridgehead atoms. The Bertz CT molecular complexity index is 418. The lowest BCUT2D eigenvalue weighted by atomic mass is 10.1. The van der Waals surface area contributed by atoms with Gasteiger partial charge in [-0.2, -0.15) is 0 Å². The average Bonchev–Trinajstić information content (AvgIpc) is 2.81. The lowest BCUT2D eigenvalue weighted by Gasteiger charge is -2.16. The second-order valence-electron chi connectivity index (χ2n) is 4.75. The van der Waals surface area contributed by atoms with Crippen LogP contribution in [0.25, 0.3) is 0 Å². The highest BCUT2D eigenvalue weighted by Gasteiger charge is 2.21. The number of carbonyl (C=O) groups is 1. The monoisotopic (exact) mass is 311 g/mol. The molecule has 0 aliphatic heterocycles. The number of carbonyl (C=O) groups excluding carboxylic acids is 1. The minimum absolute atomic E-state index is 0.0660. The zero-order valence-electron chi connectivity index (χ0n) is 10.2. The van der Waals surface area contributed by atoms with E-state index in [0.717, 1.165) is 23.1 Å². The van der Waals surface area contributed by atoms with Gasteiger partial charge in [-0.15, -0.1) is 0 Å². The second kappa shape index (κ2) is 6.29. The maximum Gasteiger partial charge on any atom is 0.237 e. The van der Waals surface area contributed by atoms with Gasteiger partial charge in [-0.05, 0) is 40.9 Å². The number of rotatable bonds is 4. The largest absolute Gasteiger partial charge is 0.352 e. The Morgan fingerprint density at radius 3 is 2.89 bits per heavy atom. The standard InChI is InChI=1S/C13H18BrN3O/c14-12-7-3-6-10(16-12)8-11(15)13(18)17-9-4-1-2-5-9/h3,6-7,9,11H,1-2,4-5,8,15H2,(H,17,18). The Kier molecular flexibility index (Phi) is 4.72. The molecular weight excluding hydrogens is 294 g/mol. The molecule has 1 saturated carbocycles. The maximum atomic E-state index is 11.9. The van der Waals surface area contributed by atoms with Crippen molar-refractivity contribution in [3.63, 3.8) is 0 Å². The van der Waals surface area contributed by atoms with Gasteiger partial charge in [0.1, 0.15) is 4.60 Å². The summed E-state index contributed by atoms with van der Waals surface area (Å²) in [6.07, 6.45) is 5.03. The summed E-state index contributed by atoms with van der Waals surface area (Å²) in [5.74, 6) is -0.0660. The van der Waals surface area contributed by atoms with E-state index in [2.05, 4.69) is 26.2 Å². The van der Waals surface area contributed by atoms with Crippen molar-refractivity contribution >= 4 is 21.8 Å². The van der Waals surface area contributed by atoms with E-state index in [1.807, 2.05) is 18.2 Å². The highest BCUT2D eigenvalue weighted by Crippen LogP contribution is 2.17. The number of amides is 1. The summed E-state index contributed by atoms with van der Waals surface area (Å²) in [5, 5.41) is 3.01. The van der Waals surface area contributed by atoms with Crippen LogP contribution < -0.4 is 11.1 Å². The first-order valence-electron chi connectivity index (χ1n) is 6.32. The number of pyridine rings is 1. The highest BCUT2D eigenvalue weighted by atomic mass is 79.9. The summed E-state index contributed by atoms with van der Waals surface area (Å²) < 4.78 is 0.767. The van der Waals surface area contributed by atoms with Gasteiger partial charge in [0, 0.05) is 18.2 Å². The van der Waals surface area contributed by atoms with Crippen LogP contribution >= 0.6 is 15.9 Å². The fraction of sp³-hybridized carbons (Fsp3) is 0.538. The van der Waals surface area contributed by atoms with E-state index in [4.69, 9.17) is 5.73 Å². The number of aromatic nitrogens is 1. The second-order valence-corrected chi connectivity index (χ2v) is 5.56. The summed E-state index contributed by atoms with van der Waals surface area (Å²) in [6.45, 7) is 0. The van der Waals surface area contributed by atoms with Crippen LogP contribution in [0, 0.1) is 0 Å². The Labute approximate surface area is 115 Å².